The number of rotatable bonds is 4. The number of benzene rings is 2. The monoisotopic (exact) mass is 372 g/mol. The number of nitrogens with two attached hydrogens (primary N) is 1. The Labute approximate surface area is 144 Å². The number of hydrogen-bond acceptors (Lipinski definition) is 4. The Morgan fingerprint density at radius 3 is 2.43 bits per heavy atom. The number of amides is 1. The van der Waals surface area contributed by atoms with E-state index in [1.165, 1.54) is 37.3 Å². The van der Waals surface area contributed by atoms with E-state index < -0.39 is 9.84 Å². The molecule has 0 aliphatic carbocycles. The van der Waals surface area contributed by atoms with Gasteiger partial charge in [-0.1, -0.05) is 29.3 Å². The topological polar surface area (TPSA) is 89.3 Å². The Morgan fingerprint density at radius 2 is 1.83 bits per heavy atom. The zero-order valence-corrected chi connectivity index (χ0v) is 14.5. The molecular formula is C15H14Cl2N2O3S. The van der Waals surface area contributed by atoms with Gasteiger partial charge in [0.2, 0.25) is 5.91 Å². The zero-order valence-electron chi connectivity index (χ0n) is 12.1. The second kappa shape index (κ2) is 6.78. The Morgan fingerprint density at radius 1 is 1.13 bits per heavy atom. The molecule has 122 valence electrons. The highest BCUT2D eigenvalue weighted by Gasteiger charge is 2.20. The third-order valence-corrected chi connectivity index (χ3v) is 5.49. The number of hydrogen-bond donors (Lipinski definition) is 2. The standard InChI is InChI=1S/C15H14Cl2N2O3S/c1-9(20)19-11-3-5-14(18)15(7-11)23(21,22)8-10-2-4-12(16)13(17)6-10/h2-7H,8,18H2,1H3,(H,19,20). The van der Waals surface area contributed by atoms with E-state index in [9.17, 15) is 13.2 Å². The maximum Gasteiger partial charge on any atom is 0.221 e. The van der Waals surface area contributed by atoms with Crippen LogP contribution in [0.25, 0.3) is 0 Å². The molecule has 0 heterocycles. The Hall–Kier alpha value is -1.76. The molecule has 2 aromatic carbocycles. The molecule has 2 aromatic rings. The van der Waals surface area contributed by atoms with E-state index in [-0.39, 0.29) is 27.3 Å². The van der Waals surface area contributed by atoms with Crippen LogP contribution in [-0.2, 0) is 20.4 Å². The summed E-state index contributed by atoms with van der Waals surface area (Å²) in [4.78, 5) is 11.1. The van der Waals surface area contributed by atoms with Gasteiger partial charge in [0.1, 0.15) is 0 Å². The predicted molar refractivity (Wildman–Crippen MR) is 92.5 cm³/mol. The van der Waals surface area contributed by atoms with Gasteiger partial charge in [-0.2, -0.15) is 0 Å². The largest absolute Gasteiger partial charge is 0.398 e. The van der Waals surface area contributed by atoms with Gasteiger partial charge < -0.3 is 11.1 Å². The number of carbonyl (C=O) groups excluding carboxylic acids is 1. The minimum atomic E-state index is -3.71. The van der Waals surface area contributed by atoms with E-state index in [1.807, 2.05) is 0 Å². The molecule has 0 bridgehead atoms. The lowest BCUT2D eigenvalue weighted by Crippen LogP contribution is -2.11. The van der Waals surface area contributed by atoms with Crippen LogP contribution in [-0.4, -0.2) is 14.3 Å². The van der Waals surface area contributed by atoms with E-state index in [0.29, 0.717) is 16.3 Å². The smallest absolute Gasteiger partial charge is 0.221 e. The summed E-state index contributed by atoms with van der Waals surface area (Å²) in [6, 6.07) is 8.92. The number of anilines is 2. The number of sulfone groups is 1. The fourth-order valence-corrected chi connectivity index (χ4v) is 3.84. The molecule has 3 N–H and O–H groups in total. The number of halogens is 2. The lowest BCUT2D eigenvalue weighted by molar-refractivity contribution is -0.114. The van der Waals surface area contributed by atoms with Crippen molar-refractivity contribution >= 4 is 50.3 Å². The van der Waals surface area contributed by atoms with Gasteiger partial charge in [0, 0.05) is 12.6 Å². The van der Waals surface area contributed by atoms with Crippen LogP contribution in [0.4, 0.5) is 11.4 Å². The first-order valence-corrected chi connectivity index (χ1v) is 8.93. The summed E-state index contributed by atoms with van der Waals surface area (Å²) >= 11 is 11.7. The van der Waals surface area contributed by atoms with Gasteiger partial charge in [-0.15, -0.1) is 0 Å². The van der Waals surface area contributed by atoms with E-state index in [1.54, 1.807) is 6.07 Å². The Kier molecular flexibility index (Phi) is 5.19. The van der Waals surface area contributed by atoms with Crippen molar-refractivity contribution in [1.82, 2.24) is 0 Å². The molecule has 0 saturated heterocycles. The van der Waals surface area contributed by atoms with Crippen LogP contribution in [0.1, 0.15) is 12.5 Å². The van der Waals surface area contributed by atoms with Crippen molar-refractivity contribution in [2.45, 2.75) is 17.6 Å². The fourth-order valence-electron chi connectivity index (χ4n) is 2.01. The SMILES string of the molecule is CC(=O)Nc1ccc(N)c(S(=O)(=O)Cc2ccc(Cl)c(Cl)c2)c1. The van der Waals surface area contributed by atoms with E-state index in [4.69, 9.17) is 28.9 Å². The molecule has 0 radical (unpaired) electrons. The summed E-state index contributed by atoms with van der Waals surface area (Å²) in [5, 5.41) is 3.15. The van der Waals surface area contributed by atoms with Gasteiger partial charge >= 0.3 is 0 Å². The second-order valence-electron chi connectivity index (χ2n) is 4.94. The molecule has 2 rings (SSSR count). The molecule has 0 unspecified atom stereocenters. The van der Waals surface area contributed by atoms with Crippen LogP contribution in [0, 0.1) is 0 Å². The van der Waals surface area contributed by atoms with Crippen LogP contribution >= 0.6 is 23.2 Å². The molecule has 1 amide bonds. The van der Waals surface area contributed by atoms with Crippen molar-refractivity contribution in [1.29, 1.82) is 0 Å². The molecule has 0 spiro atoms. The summed E-state index contributed by atoms with van der Waals surface area (Å²) in [6.45, 7) is 1.33. The summed E-state index contributed by atoms with van der Waals surface area (Å²) < 4.78 is 25.2. The van der Waals surface area contributed by atoms with Crippen molar-refractivity contribution in [3.05, 3.63) is 52.0 Å². The van der Waals surface area contributed by atoms with Gasteiger partial charge in [0.15, 0.2) is 9.84 Å². The summed E-state index contributed by atoms with van der Waals surface area (Å²) in [6.07, 6.45) is 0. The quantitative estimate of drug-likeness (QED) is 0.803. The molecule has 0 aromatic heterocycles. The maximum absolute atomic E-state index is 12.6. The van der Waals surface area contributed by atoms with Crippen LogP contribution in [0.2, 0.25) is 10.0 Å². The number of nitrogen functional groups attached to an aromatic ring is 1. The molecule has 0 aliphatic rings. The van der Waals surface area contributed by atoms with Gasteiger partial charge in [0.25, 0.3) is 0 Å². The van der Waals surface area contributed by atoms with Crippen LogP contribution in [0.3, 0.4) is 0 Å². The van der Waals surface area contributed by atoms with Crippen LogP contribution in [0.15, 0.2) is 41.3 Å². The third-order valence-electron chi connectivity index (χ3n) is 3.01. The summed E-state index contributed by atoms with van der Waals surface area (Å²) in [5.74, 6) is -0.583. The molecule has 0 fully saturated rings. The van der Waals surface area contributed by atoms with E-state index in [0.717, 1.165) is 0 Å². The number of carbonyl (C=O) groups is 1. The molecule has 23 heavy (non-hydrogen) atoms. The molecule has 5 nitrogen and oxygen atoms in total. The van der Waals surface area contributed by atoms with Gasteiger partial charge in [-0.3, -0.25) is 4.79 Å². The van der Waals surface area contributed by atoms with Gasteiger partial charge in [-0.25, -0.2) is 8.42 Å². The second-order valence-corrected chi connectivity index (χ2v) is 7.71. The molecule has 0 saturated carbocycles. The van der Waals surface area contributed by atoms with Crippen molar-refractivity contribution in [2.24, 2.45) is 0 Å². The van der Waals surface area contributed by atoms with Gasteiger partial charge in [0.05, 0.1) is 26.4 Å². The first-order chi connectivity index (χ1) is 10.7. The minimum Gasteiger partial charge on any atom is -0.398 e. The molecule has 0 aliphatic heterocycles. The predicted octanol–water partition coefficient (Wildman–Crippen LogP) is 3.51. The lowest BCUT2D eigenvalue weighted by atomic mass is 10.2. The summed E-state index contributed by atoms with van der Waals surface area (Å²) in [5.41, 5.74) is 6.74. The fraction of sp³-hybridized carbons (Fsp3) is 0.133. The number of nitrogens with one attached hydrogen (secondary N) is 1. The highest BCUT2D eigenvalue weighted by atomic mass is 35.5. The third kappa shape index (κ3) is 4.37. The Bertz CT molecular complexity index is 867. The first kappa shape index (κ1) is 17.6. The molecular weight excluding hydrogens is 359 g/mol. The normalized spacial score (nSPS) is 11.3. The molecule has 8 heteroatoms. The first-order valence-electron chi connectivity index (χ1n) is 6.53. The maximum atomic E-state index is 12.6. The van der Waals surface area contributed by atoms with Crippen molar-refractivity contribution < 1.29 is 13.2 Å². The lowest BCUT2D eigenvalue weighted by Gasteiger charge is -2.11. The van der Waals surface area contributed by atoms with Crippen molar-refractivity contribution in [2.75, 3.05) is 11.1 Å². The highest BCUT2D eigenvalue weighted by molar-refractivity contribution is 7.90. The summed E-state index contributed by atoms with van der Waals surface area (Å²) in [7, 11) is -3.71. The van der Waals surface area contributed by atoms with E-state index >= 15 is 0 Å². The average Bonchev–Trinajstić information content (AvgIpc) is 2.44. The van der Waals surface area contributed by atoms with Crippen LogP contribution < -0.4 is 11.1 Å². The van der Waals surface area contributed by atoms with Crippen molar-refractivity contribution in [3.8, 4) is 0 Å². The van der Waals surface area contributed by atoms with Crippen LogP contribution in [0.5, 0.6) is 0 Å². The van der Waals surface area contributed by atoms with Crippen molar-refractivity contribution in [3.63, 3.8) is 0 Å². The Balaban J connectivity index is 2.38. The zero-order chi connectivity index (χ0) is 17.2. The average molecular weight is 373 g/mol. The minimum absolute atomic E-state index is 0.0465. The molecule has 0 atom stereocenters. The highest BCUT2D eigenvalue weighted by Crippen LogP contribution is 2.28. The van der Waals surface area contributed by atoms with E-state index in [2.05, 4.69) is 5.32 Å². The van der Waals surface area contributed by atoms with Gasteiger partial charge in [-0.05, 0) is 35.9 Å².